The number of carbonyl (C=O) groups is 2. The van der Waals surface area contributed by atoms with Gasteiger partial charge in [-0.25, -0.2) is 9.59 Å². The number of rotatable bonds is 3. The third kappa shape index (κ3) is 2.03. The largest absolute Gasteiger partial charge is 0.467 e. The Kier molecular flexibility index (Phi) is 3.12. The summed E-state index contributed by atoms with van der Waals surface area (Å²) < 4.78 is 41.1. The molecule has 0 saturated carbocycles. The third-order valence-electron chi connectivity index (χ3n) is 3.63. The molecule has 11 nitrogen and oxygen atoms in total. The van der Waals surface area contributed by atoms with Gasteiger partial charge in [0.1, 0.15) is 6.04 Å². The number of hydrogen-bond donors (Lipinski definition) is 1. The first-order chi connectivity index (χ1) is 10.2. The minimum atomic E-state index is -4.88. The van der Waals surface area contributed by atoms with Crippen LogP contribution < -0.4 is 0 Å². The molecule has 3 heterocycles. The Hall–Kier alpha value is -2.18. The standard InChI is InChI=1S/C10H12N4O7S/c1-12-7-5(3-11-12)6-4-13(8(7)9(15)20-2)10(16)14(6)21-22(17,18)19/h3,6,8H,4H2,1-2H3,(H,17,18,19)/t6-,8-/m0/s1. The summed E-state index contributed by atoms with van der Waals surface area (Å²) in [4.78, 5) is 25.4. The predicted octanol–water partition coefficient (Wildman–Crippen LogP) is -0.839. The second-order valence-electron chi connectivity index (χ2n) is 4.81. The van der Waals surface area contributed by atoms with Gasteiger partial charge in [0.2, 0.25) is 0 Å². The van der Waals surface area contributed by atoms with Crippen LogP contribution >= 0.6 is 0 Å². The van der Waals surface area contributed by atoms with Crippen LogP contribution in [-0.2, 0) is 31.3 Å². The monoisotopic (exact) mass is 332 g/mol. The average Bonchev–Trinajstić information content (AvgIpc) is 2.93. The fourth-order valence-corrected chi connectivity index (χ4v) is 3.15. The van der Waals surface area contributed by atoms with Crippen LogP contribution in [0.1, 0.15) is 23.3 Å². The van der Waals surface area contributed by atoms with Crippen molar-refractivity contribution in [3.05, 3.63) is 17.5 Å². The topological polar surface area (TPSA) is 131 Å². The zero-order chi connectivity index (χ0) is 16.2. The second-order valence-corrected chi connectivity index (χ2v) is 5.82. The Labute approximate surface area is 124 Å². The third-order valence-corrected chi connectivity index (χ3v) is 3.98. The summed E-state index contributed by atoms with van der Waals surface area (Å²) in [7, 11) is -2.12. The summed E-state index contributed by atoms with van der Waals surface area (Å²) in [6.07, 6.45) is 1.41. The van der Waals surface area contributed by atoms with Crippen molar-refractivity contribution in [1.82, 2.24) is 19.7 Å². The fourth-order valence-electron chi connectivity index (χ4n) is 2.78. The molecule has 3 rings (SSSR count). The first kappa shape index (κ1) is 14.7. The summed E-state index contributed by atoms with van der Waals surface area (Å²) in [6, 6.07) is -2.74. The smallest absolute Gasteiger partial charge is 0.418 e. The molecule has 2 amide bonds. The van der Waals surface area contributed by atoms with Crippen molar-refractivity contribution >= 4 is 22.4 Å². The highest BCUT2D eigenvalue weighted by molar-refractivity contribution is 7.80. The summed E-state index contributed by atoms with van der Waals surface area (Å²) in [5, 5.41) is 4.53. The van der Waals surface area contributed by atoms with E-state index < -0.39 is 34.5 Å². The van der Waals surface area contributed by atoms with Gasteiger partial charge >= 0.3 is 22.4 Å². The number of hydroxylamine groups is 2. The molecule has 12 heteroatoms. The zero-order valence-corrected chi connectivity index (χ0v) is 12.3. The number of aromatic nitrogens is 2. The Balaban J connectivity index is 2.11. The highest BCUT2D eigenvalue weighted by atomic mass is 32.3. The number of esters is 1. The fraction of sp³-hybridized carbons (Fsp3) is 0.500. The van der Waals surface area contributed by atoms with Gasteiger partial charge < -0.3 is 9.64 Å². The quantitative estimate of drug-likeness (QED) is 0.560. The normalized spacial score (nSPS) is 23.7. The van der Waals surface area contributed by atoms with Gasteiger partial charge in [-0.3, -0.25) is 9.23 Å². The van der Waals surface area contributed by atoms with Gasteiger partial charge in [0.25, 0.3) is 0 Å². The molecule has 0 spiro atoms. The molecule has 1 saturated heterocycles. The highest BCUT2D eigenvalue weighted by Gasteiger charge is 2.54. The minimum absolute atomic E-state index is 0.00676. The van der Waals surface area contributed by atoms with E-state index in [4.69, 9.17) is 9.29 Å². The van der Waals surface area contributed by atoms with Crippen molar-refractivity contribution in [3.8, 4) is 0 Å². The van der Waals surface area contributed by atoms with E-state index in [0.29, 0.717) is 16.3 Å². The second kappa shape index (κ2) is 4.66. The van der Waals surface area contributed by atoms with E-state index in [9.17, 15) is 18.0 Å². The molecule has 1 aromatic rings. The van der Waals surface area contributed by atoms with Gasteiger partial charge in [-0.05, 0) is 0 Å². The van der Waals surface area contributed by atoms with Gasteiger partial charge in [0, 0.05) is 12.6 Å². The van der Waals surface area contributed by atoms with Crippen LogP contribution in [0.4, 0.5) is 4.79 Å². The van der Waals surface area contributed by atoms with Crippen molar-refractivity contribution < 1.29 is 31.6 Å². The van der Waals surface area contributed by atoms with Crippen LogP contribution in [0.15, 0.2) is 6.20 Å². The molecule has 1 N–H and O–H groups in total. The molecule has 1 fully saturated rings. The number of amides is 2. The van der Waals surface area contributed by atoms with Crippen molar-refractivity contribution in [3.63, 3.8) is 0 Å². The molecule has 2 aliphatic rings. The Bertz CT molecular complexity index is 757. The van der Waals surface area contributed by atoms with E-state index in [1.807, 2.05) is 0 Å². The SMILES string of the molecule is COC(=O)[C@@H]1c2c(cnn2C)[C@@H]2CN1C(=O)N2OS(=O)(=O)O. The van der Waals surface area contributed by atoms with E-state index in [2.05, 4.69) is 9.38 Å². The van der Waals surface area contributed by atoms with E-state index in [-0.39, 0.29) is 6.54 Å². The Morgan fingerprint density at radius 1 is 1.50 bits per heavy atom. The Morgan fingerprint density at radius 2 is 2.18 bits per heavy atom. The van der Waals surface area contributed by atoms with Crippen molar-refractivity contribution in [2.24, 2.45) is 7.05 Å². The summed E-state index contributed by atoms with van der Waals surface area (Å²) in [5.41, 5.74) is 0.849. The van der Waals surface area contributed by atoms with Crippen LogP contribution in [-0.4, -0.2) is 58.4 Å². The molecule has 0 unspecified atom stereocenters. The van der Waals surface area contributed by atoms with Crippen LogP contribution in [0.3, 0.4) is 0 Å². The number of methoxy groups -OCH3 is 1. The first-order valence-corrected chi connectivity index (χ1v) is 7.47. The molecule has 22 heavy (non-hydrogen) atoms. The maximum atomic E-state index is 12.3. The molecular weight excluding hydrogens is 320 g/mol. The Morgan fingerprint density at radius 3 is 2.77 bits per heavy atom. The van der Waals surface area contributed by atoms with E-state index in [1.54, 1.807) is 7.05 Å². The highest BCUT2D eigenvalue weighted by Crippen LogP contribution is 2.44. The van der Waals surface area contributed by atoms with Crippen LogP contribution in [0.2, 0.25) is 0 Å². The zero-order valence-electron chi connectivity index (χ0n) is 11.5. The number of fused-ring (bicyclic) bond motifs is 4. The summed E-state index contributed by atoms with van der Waals surface area (Å²) in [6.45, 7) is 0.00676. The molecule has 120 valence electrons. The van der Waals surface area contributed by atoms with Crippen molar-refractivity contribution in [2.45, 2.75) is 12.1 Å². The van der Waals surface area contributed by atoms with Crippen LogP contribution in [0.5, 0.6) is 0 Å². The van der Waals surface area contributed by atoms with Gasteiger partial charge in [-0.15, -0.1) is 4.28 Å². The average molecular weight is 332 g/mol. The number of carbonyl (C=O) groups excluding carboxylic acids is 2. The number of ether oxygens (including phenoxy) is 1. The molecule has 0 radical (unpaired) electrons. The molecule has 0 aliphatic carbocycles. The lowest BCUT2D eigenvalue weighted by Crippen LogP contribution is -2.40. The van der Waals surface area contributed by atoms with Gasteiger partial charge in [-0.2, -0.15) is 18.6 Å². The lowest BCUT2D eigenvalue weighted by molar-refractivity contribution is -0.146. The first-order valence-electron chi connectivity index (χ1n) is 6.11. The minimum Gasteiger partial charge on any atom is -0.467 e. The number of nitrogens with zero attached hydrogens (tertiary/aromatic N) is 4. The molecule has 2 atom stereocenters. The van der Waals surface area contributed by atoms with Crippen LogP contribution in [0, 0.1) is 0 Å². The maximum absolute atomic E-state index is 12.3. The summed E-state index contributed by atoms with van der Waals surface area (Å²) in [5.74, 6) is -0.689. The predicted molar refractivity (Wildman–Crippen MR) is 67.3 cm³/mol. The van der Waals surface area contributed by atoms with Crippen molar-refractivity contribution in [2.75, 3.05) is 13.7 Å². The van der Waals surface area contributed by atoms with Crippen molar-refractivity contribution in [1.29, 1.82) is 0 Å². The van der Waals surface area contributed by atoms with E-state index >= 15 is 0 Å². The summed E-state index contributed by atoms with van der Waals surface area (Å²) >= 11 is 0. The van der Waals surface area contributed by atoms with E-state index in [0.717, 1.165) is 4.90 Å². The molecule has 1 aromatic heterocycles. The lowest BCUT2D eigenvalue weighted by Gasteiger charge is -2.28. The molecule has 0 aromatic carbocycles. The van der Waals surface area contributed by atoms with Gasteiger partial charge in [0.05, 0.1) is 25.5 Å². The van der Waals surface area contributed by atoms with E-state index in [1.165, 1.54) is 18.0 Å². The number of urea groups is 1. The molecule has 2 bridgehead atoms. The molecular formula is C10H12N4O7S. The van der Waals surface area contributed by atoms with Gasteiger partial charge in [-0.1, -0.05) is 0 Å². The lowest BCUT2D eigenvalue weighted by atomic mass is 9.98. The molecule has 2 aliphatic heterocycles. The number of hydrogen-bond acceptors (Lipinski definition) is 7. The maximum Gasteiger partial charge on any atom is 0.418 e. The van der Waals surface area contributed by atoms with Crippen LogP contribution in [0.25, 0.3) is 0 Å². The van der Waals surface area contributed by atoms with Gasteiger partial charge in [0.15, 0.2) is 6.04 Å². The number of aryl methyl sites for hydroxylation is 1.